The molecule has 1 aliphatic rings. The molecule has 0 aliphatic heterocycles. The molecule has 0 saturated heterocycles. The summed E-state index contributed by atoms with van der Waals surface area (Å²) in [6.45, 7) is -2.44. The average Bonchev–Trinajstić information content (AvgIpc) is 3.48. The Kier molecular flexibility index (Phi) is 5.43. The first-order valence-corrected chi connectivity index (χ1v) is 10.8. The van der Waals surface area contributed by atoms with E-state index in [2.05, 4.69) is 42.4 Å². The van der Waals surface area contributed by atoms with E-state index in [1.165, 1.54) is 6.07 Å². The molecule has 0 amide bonds. The Labute approximate surface area is 190 Å². The van der Waals surface area contributed by atoms with Crippen LogP contribution in [0.5, 0.6) is 11.5 Å². The van der Waals surface area contributed by atoms with E-state index in [1.807, 2.05) is 24.3 Å². The third kappa shape index (κ3) is 4.46. The van der Waals surface area contributed by atoms with Crippen molar-refractivity contribution >= 4 is 28.4 Å². The first-order valence-electron chi connectivity index (χ1n) is 9.76. The minimum atomic E-state index is -2.92. The summed E-state index contributed by atoms with van der Waals surface area (Å²) < 4.78 is 38.8. The second-order valence-corrected chi connectivity index (χ2v) is 8.53. The minimum Gasteiger partial charge on any atom is -0.489 e. The molecule has 158 valence electrons. The van der Waals surface area contributed by atoms with Crippen molar-refractivity contribution in [3.8, 4) is 34.1 Å². The Balaban J connectivity index is 1.55. The molecule has 0 bridgehead atoms. The van der Waals surface area contributed by atoms with Gasteiger partial charge in [0.15, 0.2) is 17.3 Å². The lowest BCUT2D eigenvalue weighted by atomic mass is 10.1. The standard InChI is InChI=1S/C22H17F2IN4O2/c23-21(24)31-18-7-6-14(11-19(18)30-12-13-4-5-13)17-8-9-26-22-27-20(28-29(17)22)15-2-1-3-16(25)10-15/h1-3,6-11,13,21H,4-5,12H2. The molecule has 31 heavy (non-hydrogen) atoms. The molecular formula is C22H17F2IN4O2. The largest absolute Gasteiger partial charge is 0.489 e. The van der Waals surface area contributed by atoms with Gasteiger partial charge in [-0.25, -0.2) is 4.98 Å². The molecule has 2 aromatic heterocycles. The number of alkyl halides is 2. The van der Waals surface area contributed by atoms with E-state index in [1.54, 1.807) is 28.9 Å². The predicted molar refractivity (Wildman–Crippen MR) is 119 cm³/mol. The first kappa shape index (κ1) is 20.1. The van der Waals surface area contributed by atoms with E-state index >= 15 is 0 Å². The van der Waals surface area contributed by atoms with Gasteiger partial charge in [-0.2, -0.15) is 18.3 Å². The van der Waals surface area contributed by atoms with Crippen LogP contribution in [0.25, 0.3) is 28.4 Å². The van der Waals surface area contributed by atoms with Crippen molar-refractivity contribution in [3.05, 3.63) is 58.3 Å². The third-order valence-corrected chi connectivity index (χ3v) is 5.62. The SMILES string of the molecule is FC(F)Oc1ccc(-c2ccnc3nc(-c4cccc(I)c4)nn23)cc1OCC1CC1. The van der Waals surface area contributed by atoms with Gasteiger partial charge in [-0.3, -0.25) is 0 Å². The summed E-state index contributed by atoms with van der Waals surface area (Å²) >= 11 is 2.24. The zero-order valence-electron chi connectivity index (χ0n) is 16.2. The maximum absolute atomic E-state index is 12.8. The number of ether oxygens (including phenoxy) is 2. The Bertz CT molecular complexity index is 1240. The van der Waals surface area contributed by atoms with Crippen LogP contribution in [0.3, 0.4) is 0 Å². The number of benzene rings is 2. The highest BCUT2D eigenvalue weighted by molar-refractivity contribution is 14.1. The molecule has 6 nitrogen and oxygen atoms in total. The van der Waals surface area contributed by atoms with Gasteiger partial charge in [-0.05, 0) is 77.7 Å². The lowest BCUT2D eigenvalue weighted by Gasteiger charge is -2.14. The van der Waals surface area contributed by atoms with Crippen molar-refractivity contribution in [1.29, 1.82) is 0 Å². The van der Waals surface area contributed by atoms with Crippen molar-refractivity contribution in [2.75, 3.05) is 6.61 Å². The minimum absolute atomic E-state index is 0.0165. The van der Waals surface area contributed by atoms with Gasteiger partial charge >= 0.3 is 6.61 Å². The van der Waals surface area contributed by atoms with Crippen LogP contribution in [-0.4, -0.2) is 32.8 Å². The average molecular weight is 534 g/mol. The van der Waals surface area contributed by atoms with Crippen LogP contribution in [0.4, 0.5) is 8.78 Å². The van der Waals surface area contributed by atoms with Crippen LogP contribution in [-0.2, 0) is 0 Å². The van der Waals surface area contributed by atoms with Crippen LogP contribution in [0.15, 0.2) is 54.7 Å². The van der Waals surface area contributed by atoms with Crippen LogP contribution < -0.4 is 9.47 Å². The maximum Gasteiger partial charge on any atom is 0.387 e. The normalized spacial score (nSPS) is 13.7. The molecule has 2 heterocycles. The fourth-order valence-corrected chi connectivity index (χ4v) is 3.77. The smallest absolute Gasteiger partial charge is 0.387 e. The van der Waals surface area contributed by atoms with Gasteiger partial charge in [-0.1, -0.05) is 12.1 Å². The number of halogens is 3. The van der Waals surface area contributed by atoms with Crippen LogP contribution in [0, 0.1) is 9.49 Å². The number of fused-ring (bicyclic) bond motifs is 1. The highest BCUT2D eigenvalue weighted by Crippen LogP contribution is 2.36. The molecule has 0 unspecified atom stereocenters. The molecule has 4 aromatic rings. The zero-order chi connectivity index (χ0) is 21.4. The number of hydrogen-bond donors (Lipinski definition) is 0. The van der Waals surface area contributed by atoms with E-state index in [0.29, 0.717) is 29.8 Å². The van der Waals surface area contributed by atoms with Crippen molar-refractivity contribution < 1.29 is 18.3 Å². The summed E-state index contributed by atoms with van der Waals surface area (Å²) in [5.41, 5.74) is 2.34. The fourth-order valence-electron chi connectivity index (χ4n) is 3.23. The van der Waals surface area contributed by atoms with E-state index in [-0.39, 0.29) is 11.5 Å². The van der Waals surface area contributed by atoms with Crippen molar-refractivity contribution in [3.63, 3.8) is 0 Å². The monoisotopic (exact) mass is 534 g/mol. The lowest BCUT2D eigenvalue weighted by molar-refractivity contribution is -0.0515. The summed E-state index contributed by atoms with van der Waals surface area (Å²) in [6, 6.07) is 14.6. The molecule has 2 aromatic carbocycles. The van der Waals surface area contributed by atoms with E-state index < -0.39 is 6.61 Å². The Morgan fingerprint density at radius 1 is 1.06 bits per heavy atom. The predicted octanol–water partition coefficient (Wildman–Crippen LogP) is 5.45. The van der Waals surface area contributed by atoms with Gasteiger partial charge in [0, 0.05) is 20.9 Å². The Morgan fingerprint density at radius 2 is 1.94 bits per heavy atom. The third-order valence-electron chi connectivity index (χ3n) is 4.95. The molecule has 0 radical (unpaired) electrons. The van der Waals surface area contributed by atoms with Crippen LogP contribution in [0.2, 0.25) is 0 Å². The van der Waals surface area contributed by atoms with Gasteiger partial charge < -0.3 is 9.47 Å². The molecular weight excluding hydrogens is 517 g/mol. The summed E-state index contributed by atoms with van der Waals surface area (Å²) in [5, 5.41) is 4.63. The molecule has 1 saturated carbocycles. The lowest BCUT2D eigenvalue weighted by Crippen LogP contribution is -2.06. The number of nitrogens with zero attached hydrogens (tertiary/aromatic N) is 4. The van der Waals surface area contributed by atoms with Crippen molar-refractivity contribution in [2.45, 2.75) is 19.5 Å². The molecule has 1 fully saturated rings. The highest BCUT2D eigenvalue weighted by Gasteiger charge is 2.23. The summed E-state index contributed by atoms with van der Waals surface area (Å²) in [4.78, 5) is 8.86. The summed E-state index contributed by atoms with van der Waals surface area (Å²) in [7, 11) is 0. The van der Waals surface area contributed by atoms with E-state index in [0.717, 1.165) is 27.5 Å². The molecule has 9 heteroatoms. The van der Waals surface area contributed by atoms with Gasteiger partial charge in [-0.15, -0.1) is 5.10 Å². The number of hydrogen-bond acceptors (Lipinski definition) is 5. The molecule has 0 N–H and O–H groups in total. The summed E-state index contributed by atoms with van der Waals surface area (Å²) in [5.74, 6) is 1.78. The van der Waals surface area contributed by atoms with Crippen LogP contribution in [0.1, 0.15) is 12.8 Å². The summed E-state index contributed by atoms with van der Waals surface area (Å²) in [6.07, 6.45) is 3.83. The number of rotatable bonds is 7. The first-order chi connectivity index (χ1) is 15.1. The van der Waals surface area contributed by atoms with Crippen molar-refractivity contribution in [2.24, 2.45) is 5.92 Å². The van der Waals surface area contributed by atoms with Gasteiger partial charge in [0.2, 0.25) is 0 Å². The van der Waals surface area contributed by atoms with Gasteiger partial charge in [0.1, 0.15) is 0 Å². The number of aromatic nitrogens is 4. The molecule has 0 spiro atoms. The topological polar surface area (TPSA) is 61.5 Å². The second kappa shape index (κ2) is 8.37. The van der Waals surface area contributed by atoms with E-state index in [9.17, 15) is 8.78 Å². The molecule has 5 rings (SSSR count). The Morgan fingerprint density at radius 3 is 2.71 bits per heavy atom. The highest BCUT2D eigenvalue weighted by atomic mass is 127. The molecule has 1 aliphatic carbocycles. The fraction of sp³-hybridized carbons (Fsp3) is 0.227. The quantitative estimate of drug-likeness (QED) is 0.295. The van der Waals surface area contributed by atoms with Gasteiger partial charge in [0.25, 0.3) is 5.78 Å². The van der Waals surface area contributed by atoms with E-state index in [4.69, 9.17) is 4.74 Å². The van der Waals surface area contributed by atoms with Gasteiger partial charge in [0.05, 0.1) is 12.3 Å². The maximum atomic E-state index is 12.8. The molecule has 0 atom stereocenters. The van der Waals surface area contributed by atoms with Crippen molar-refractivity contribution in [1.82, 2.24) is 19.6 Å². The zero-order valence-corrected chi connectivity index (χ0v) is 18.4. The Hall–Kier alpha value is -2.82. The van der Waals surface area contributed by atoms with Crippen LogP contribution >= 0.6 is 22.6 Å². The second-order valence-electron chi connectivity index (χ2n) is 7.28.